The molecule has 1 atom stereocenters. The second kappa shape index (κ2) is 9.60. The maximum absolute atomic E-state index is 12.4. The summed E-state index contributed by atoms with van der Waals surface area (Å²) in [6.45, 7) is 9.57. The summed E-state index contributed by atoms with van der Waals surface area (Å²) in [5, 5.41) is 0. The van der Waals surface area contributed by atoms with E-state index in [0.29, 0.717) is 18.4 Å². The van der Waals surface area contributed by atoms with Crippen LogP contribution >= 0.6 is 0 Å². The number of likely N-dealkylation sites (tertiary alicyclic amines) is 1. The lowest BCUT2D eigenvalue weighted by Crippen LogP contribution is -2.48. The molecule has 0 aromatic heterocycles. The van der Waals surface area contributed by atoms with Crippen molar-refractivity contribution < 1.29 is 9.53 Å². The molecule has 2 aliphatic heterocycles. The second-order valence-corrected chi connectivity index (χ2v) is 7.33. The van der Waals surface area contributed by atoms with Crippen molar-refractivity contribution in [3.63, 3.8) is 0 Å². The third-order valence-electron chi connectivity index (χ3n) is 5.63. The molecule has 1 amide bonds. The second-order valence-electron chi connectivity index (χ2n) is 7.33. The summed E-state index contributed by atoms with van der Waals surface area (Å²) in [5.74, 6) is 1.10. The summed E-state index contributed by atoms with van der Waals surface area (Å²) < 4.78 is 5.16. The molecular weight excluding hydrogens is 290 g/mol. The molecule has 23 heavy (non-hydrogen) atoms. The van der Waals surface area contributed by atoms with E-state index in [1.807, 2.05) is 0 Å². The van der Waals surface area contributed by atoms with Gasteiger partial charge < -0.3 is 14.5 Å². The number of ether oxygens (including phenoxy) is 1. The number of hydrogen-bond donors (Lipinski definition) is 0. The predicted octanol–water partition coefficient (Wildman–Crippen LogP) is 1.68. The number of carbonyl (C=O) groups is 1. The highest BCUT2D eigenvalue weighted by Crippen LogP contribution is 2.21. The maximum Gasteiger partial charge on any atom is 0.222 e. The van der Waals surface area contributed by atoms with Crippen molar-refractivity contribution in [1.82, 2.24) is 14.7 Å². The number of rotatable bonds is 7. The molecule has 2 saturated heterocycles. The molecule has 2 aliphatic rings. The molecule has 0 saturated carbocycles. The standard InChI is InChI=1S/C18H35N3O2/c1-16(20-13-11-19(2)12-14-20)4-5-18(22)21-9-6-17(7-10-21)8-15-23-3/h16-17H,4-15H2,1-3H3/t16-/m0/s1. The Morgan fingerprint density at radius 1 is 1.13 bits per heavy atom. The Morgan fingerprint density at radius 3 is 2.39 bits per heavy atom. The van der Waals surface area contributed by atoms with E-state index in [1.165, 1.54) is 0 Å². The Balaban J connectivity index is 1.63. The molecule has 0 radical (unpaired) electrons. The van der Waals surface area contributed by atoms with Crippen LogP contribution in [0, 0.1) is 5.92 Å². The first kappa shape index (κ1) is 18.7. The van der Waals surface area contributed by atoms with Crippen LogP contribution in [0.15, 0.2) is 0 Å². The summed E-state index contributed by atoms with van der Waals surface area (Å²) in [6.07, 6.45) is 5.12. The molecule has 2 heterocycles. The van der Waals surface area contributed by atoms with Crippen molar-refractivity contribution in [3.8, 4) is 0 Å². The topological polar surface area (TPSA) is 36.0 Å². The molecule has 2 rings (SSSR count). The molecule has 5 heteroatoms. The maximum atomic E-state index is 12.4. The fraction of sp³-hybridized carbons (Fsp3) is 0.944. The molecule has 0 bridgehead atoms. The van der Waals surface area contributed by atoms with Gasteiger partial charge in [-0.25, -0.2) is 0 Å². The molecule has 0 N–H and O–H groups in total. The molecule has 0 aliphatic carbocycles. The lowest BCUT2D eigenvalue weighted by atomic mass is 9.93. The van der Waals surface area contributed by atoms with Gasteiger partial charge in [0.25, 0.3) is 0 Å². The number of carbonyl (C=O) groups excluding carboxylic acids is 1. The summed E-state index contributed by atoms with van der Waals surface area (Å²) in [7, 11) is 3.95. The van der Waals surface area contributed by atoms with Crippen LogP contribution in [0.2, 0.25) is 0 Å². The first-order chi connectivity index (χ1) is 11.1. The number of hydrogen-bond acceptors (Lipinski definition) is 4. The normalized spacial score (nSPS) is 23.2. The van der Waals surface area contributed by atoms with Crippen LogP contribution in [-0.2, 0) is 9.53 Å². The van der Waals surface area contributed by atoms with Gasteiger partial charge in [0.05, 0.1) is 0 Å². The summed E-state index contributed by atoms with van der Waals surface area (Å²) in [5.41, 5.74) is 0. The zero-order valence-corrected chi connectivity index (χ0v) is 15.3. The van der Waals surface area contributed by atoms with Crippen molar-refractivity contribution in [2.75, 3.05) is 60.0 Å². The van der Waals surface area contributed by atoms with Gasteiger partial charge in [0.1, 0.15) is 0 Å². The van der Waals surface area contributed by atoms with Gasteiger partial charge in [-0.3, -0.25) is 9.69 Å². The fourth-order valence-electron chi connectivity index (χ4n) is 3.69. The first-order valence-electron chi connectivity index (χ1n) is 9.29. The monoisotopic (exact) mass is 325 g/mol. The Morgan fingerprint density at radius 2 is 1.78 bits per heavy atom. The minimum Gasteiger partial charge on any atom is -0.385 e. The minimum absolute atomic E-state index is 0.358. The largest absolute Gasteiger partial charge is 0.385 e. The van der Waals surface area contributed by atoms with Gasteiger partial charge in [-0.05, 0) is 45.6 Å². The van der Waals surface area contributed by atoms with Crippen LogP contribution in [0.25, 0.3) is 0 Å². The zero-order valence-electron chi connectivity index (χ0n) is 15.3. The Hall–Kier alpha value is -0.650. The quantitative estimate of drug-likeness (QED) is 0.713. The van der Waals surface area contributed by atoms with Crippen LogP contribution in [0.3, 0.4) is 0 Å². The average molecular weight is 325 g/mol. The zero-order chi connectivity index (χ0) is 16.7. The number of amides is 1. The van der Waals surface area contributed by atoms with Gasteiger partial charge in [-0.1, -0.05) is 0 Å². The van der Waals surface area contributed by atoms with Crippen molar-refractivity contribution >= 4 is 5.91 Å². The third-order valence-corrected chi connectivity index (χ3v) is 5.63. The fourth-order valence-corrected chi connectivity index (χ4v) is 3.69. The Kier molecular flexibility index (Phi) is 7.80. The Bertz CT molecular complexity index is 348. The molecular formula is C18H35N3O2. The minimum atomic E-state index is 0.358. The molecule has 2 fully saturated rings. The van der Waals surface area contributed by atoms with Crippen molar-refractivity contribution in [3.05, 3.63) is 0 Å². The van der Waals surface area contributed by atoms with Crippen molar-refractivity contribution in [1.29, 1.82) is 0 Å². The molecule has 0 aromatic carbocycles. The van der Waals surface area contributed by atoms with Crippen LogP contribution in [0.4, 0.5) is 0 Å². The van der Waals surface area contributed by atoms with E-state index >= 15 is 0 Å². The van der Waals surface area contributed by atoms with E-state index in [1.54, 1.807) is 7.11 Å². The lowest BCUT2D eigenvalue weighted by Gasteiger charge is -2.37. The van der Waals surface area contributed by atoms with Crippen molar-refractivity contribution in [2.45, 2.75) is 45.1 Å². The molecule has 0 aromatic rings. The summed E-state index contributed by atoms with van der Waals surface area (Å²) >= 11 is 0. The Labute approximate surface area is 141 Å². The van der Waals surface area contributed by atoms with E-state index in [-0.39, 0.29) is 0 Å². The van der Waals surface area contributed by atoms with Gasteiger partial charge in [0.2, 0.25) is 5.91 Å². The third kappa shape index (κ3) is 6.05. The number of methoxy groups -OCH3 is 1. The van der Waals surface area contributed by atoms with Crippen LogP contribution in [0.1, 0.15) is 39.0 Å². The SMILES string of the molecule is COCCC1CCN(C(=O)CC[C@H](C)N2CCN(C)CC2)CC1. The highest BCUT2D eigenvalue weighted by Gasteiger charge is 2.24. The van der Waals surface area contributed by atoms with Gasteiger partial charge in [0, 0.05) is 65.4 Å². The van der Waals surface area contributed by atoms with Gasteiger partial charge >= 0.3 is 0 Å². The highest BCUT2D eigenvalue weighted by atomic mass is 16.5. The molecule has 0 unspecified atom stereocenters. The van der Waals surface area contributed by atoms with E-state index in [4.69, 9.17) is 4.74 Å². The lowest BCUT2D eigenvalue weighted by molar-refractivity contribution is -0.133. The van der Waals surface area contributed by atoms with Gasteiger partial charge in [-0.15, -0.1) is 0 Å². The molecule has 5 nitrogen and oxygen atoms in total. The number of piperazine rings is 1. The summed E-state index contributed by atoms with van der Waals surface area (Å²) in [6, 6.07) is 0.520. The average Bonchev–Trinajstić information content (AvgIpc) is 2.58. The predicted molar refractivity (Wildman–Crippen MR) is 93.6 cm³/mol. The van der Waals surface area contributed by atoms with Crippen molar-refractivity contribution in [2.24, 2.45) is 5.92 Å². The number of piperidine rings is 1. The smallest absolute Gasteiger partial charge is 0.222 e. The summed E-state index contributed by atoms with van der Waals surface area (Å²) in [4.78, 5) is 19.4. The molecule has 0 spiro atoms. The van der Waals surface area contributed by atoms with Gasteiger partial charge in [0.15, 0.2) is 0 Å². The van der Waals surface area contributed by atoms with Crippen LogP contribution in [0.5, 0.6) is 0 Å². The van der Waals surface area contributed by atoms with E-state index < -0.39 is 0 Å². The van der Waals surface area contributed by atoms with E-state index in [0.717, 1.165) is 77.5 Å². The number of likely N-dealkylation sites (N-methyl/N-ethyl adjacent to an activating group) is 1. The van der Waals surface area contributed by atoms with Crippen LogP contribution < -0.4 is 0 Å². The van der Waals surface area contributed by atoms with Gasteiger partial charge in [-0.2, -0.15) is 0 Å². The van der Waals surface area contributed by atoms with E-state index in [2.05, 4.69) is 28.7 Å². The van der Waals surface area contributed by atoms with Crippen LogP contribution in [-0.4, -0.2) is 86.7 Å². The van der Waals surface area contributed by atoms with E-state index in [9.17, 15) is 4.79 Å². The number of nitrogens with zero attached hydrogens (tertiary/aromatic N) is 3. The highest BCUT2D eigenvalue weighted by molar-refractivity contribution is 5.76. The molecule has 134 valence electrons. The first-order valence-corrected chi connectivity index (χ1v) is 9.29.